The van der Waals surface area contributed by atoms with Crippen molar-refractivity contribution in [2.24, 2.45) is 7.05 Å². The third-order valence-corrected chi connectivity index (χ3v) is 2.89. The number of rotatable bonds is 2. The summed E-state index contributed by atoms with van der Waals surface area (Å²) in [6, 6.07) is 1.03. The average molecular weight is 239 g/mol. The predicted molar refractivity (Wildman–Crippen MR) is 56.1 cm³/mol. The average Bonchev–Trinajstić information content (AvgIpc) is 2.68. The van der Waals surface area contributed by atoms with Gasteiger partial charge in [-0.1, -0.05) is 0 Å². The number of likely N-dealkylation sites (N-methyl/N-ethyl adjacent to an activating group) is 1. The van der Waals surface area contributed by atoms with Gasteiger partial charge in [0.25, 0.3) is 0 Å². The molecule has 1 saturated heterocycles. The summed E-state index contributed by atoms with van der Waals surface area (Å²) in [5.41, 5.74) is 0.632. The molecule has 0 spiro atoms. The monoisotopic (exact) mass is 239 g/mol. The molecule has 0 aromatic carbocycles. The summed E-state index contributed by atoms with van der Waals surface area (Å²) in [4.78, 5) is 24.1. The molecule has 0 bridgehead atoms. The van der Waals surface area contributed by atoms with Gasteiger partial charge < -0.3 is 14.7 Å². The summed E-state index contributed by atoms with van der Waals surface area (Å²) in [6.45, 7) is -0.207. The van der Waals surface area contributed by atoms with Crippen LogP contribution in [0.3, 0.4) is 0 Å². The summed E-state index contributed by atoms with van der Waals surface area (Å²) in [7, 11) is 3.26. The van der Waals surface area contributed by atoms with E-state index in [-0.39, 0.29) is 12.5 Å². The van der Waals surface area contributed by atoms with Crippen LogP contribution >= 0.6 is 0 Å². The third kappa shape index (κ3) is 1.89. The minimum absolute atomic E-state index is 0.207. The van der Waals surface area contributed by atoms with E-state index >= 15 is 0 Å². The lowest BCUT2D eigenvalue weighted by atomic mass is 10.0. The number of morpholine rings is 1. The molecule has 17 heavy (non-hydrogen) atoms. The van der Waals surface area contributed by atoms with Crippen molar-refractivity contribution in [1.29, 1.82) is 0 Å². The molecule has 92 valence electrons. The number of aryl methyl sites for hydroxylation is 1. The number of aromatic nitrogens is 2. The molecule has 7 nitrogen and oxygen atoms in total. The molecule has 2 atom stereocenters. The summed E-state index contributed by atoms with van der Waals surface area (Å²) >= 11 is 0. The Bertz CT molecular complexity index is 456. The van der Waals surface area contributed by atoms with Gasteiger partial charge in [0, 0.05) is 20.3 Å². The molecule has 1 fully saturated rings. The second kappa shape index (κ2) is 4.17. The Kier molecular flexibility index (Phi) is 2.84. The highest BCUT2D eigenvalue weighted by Crippen LogP contribution is 2.28. The van der Waals surface area contributed by atoms with E-state index in [9.17, 15) is 9.59 Å². The Morgan fingerprint density at radius 3 is 2.82 bits per heavy atom. The van der Waals surface area contributed by atoms with Gasteiger partial charge in [-0.05, 0) is 6.07 Å². The first-order chi connectivity index (χ1) is 8.02. The number of hydrogen-bond donors (Lipinski definition) is 1. The smallest absolute Gasteiger partial charge is 0.335 e. The number of amides is 1. The van der Waals surface area contributed by atoms with Crippen molar-refractivity contribution >= 4 is 11.9 Å². The summed E-state index contributed by atoms with van der Waals surface area (Å²) in [5.74, 6) is -1.33. The highest BCUT2D eigenvalue weighted by atomic mass is 16.5. The van der Waals surface area contributed by atoms with E-state index in [1.165, 1.54) is 4.90 Å². The summed E-state index contributed by atoms with van der Waals surface area (Å²) in [6.07, 6.45) is 0.495. The van der Waals surface area contributed by atoms with Gasteiger partial charge in [0.05, 0.1) is 5.69 Å². The minimum atomic E-state index is -1.09. The van der Waals surface area contributed by atoms with Crippen LogP contribution in [0.1, 0.15) is 11.7 Å². The second-order valence-corrected chi connectivity index (χ2v) is 3.90. The van der Waals surface area contributed by atoms with Gasteiger partial charge in [-0.2, -0.15) is 5.10 Å². The van der Waals surface area contributed by atoms with Crippen molar-refractivity contribution in [1.82, 2.24) is 14.7 Å². The SMILES string of the molecule is CN1C(=O)CO[C@H](C(=O)O)[C@H]1c1ccnn1C. The van der Waals surface area contributed by atoms with Crippen LogP contribution in [0.5, 0.6) is 0 Å². The quantitative estimate of drug-likeness (QED) is 0.745. The van der Waals surface area contributed by atoms with Crippen LogP contribution in [0.15, 0.2) is 12.3 Å². The first-order valence-electron chi connectivity index (χ1n) is 5.10. The minimum Gasteiger partial charge on any atom is -0.479 e. The van der Waals surface area contributed by atoms with E-state index < -0.39 is 18.1 Å². The molecular formula is C10H13N3O4. The van der Waals surface area contributed by atoms with Gasteiger partial charge in [0.1, 0.15) is 12.6 Å². The van der Waals surface area contributed by atoms with Crippen LogP contribution < -0.4 is 0 Å². The zero-order chi connectivity index (χ0) is 12.6. The van der Waals surface area contributed by atoms with E-state index in [2.05, 4.69) is 5.10 Å². The van der Waals surface area contributed by atoms with Gasteiger partial charge in [0.15, 0.2) is 6.10 Å². The fraction of sp³-hybridized carbons (Fsp3) is 0.500. The molecule has 0 saturated carbocycles. The number of nitrogens with zero attached hydrogens (tertiary/aromatic N) is 3. The maximum absolute atomic E-state index is 11.6. The van der Waals surface area contributed by atoms with Gasteiger partial charge in [-0.15, -0.1) is 0 Å². The van der Waals surface area contributed by atoms with E-state index in [0.717, 1.165) is 0 Å². The Labute approximate surface area is 97.6 Å². The van der Waals surface area contributed by atoms with Crippen LogP contribution in [0.2, 0.25) is 0 Å². The van der Waals surface area contributed by atoms with Gasteiger partial charge >= 0.3 is 5.97 Å². The van der Waals surface area contributed by atoms with Crippen molar-refractivity contribution in [3.05, 3.63) is 18.0 Å². The molecule has 1 aliphatic heterocycles. The lowest BCUT2D eigenvalue weighted by Crippen LogP contribution is -2.50. The lowest BCUT2D eigenvalue weighted by Gasteiger charge is -2.36. The lowest BCUT2D eigenvalue weighted by molar-refractivity contribution is -0.171. The Morgan fingerprint density at radius 2 is 2.29 bits per heavy atom. The number of carbonyl (C=O) groups excluding carboxylic acids is 1. The summed E-state index contributed by atoms with van der Waals surface area (Å²) in [5, 5.41) is 13.1. The number of carboxylic acids is 1. The fourth-order valence-electron chi connectivity index (χ4n) is 1.95. The molecular weight excluding hydrogens is 226 g/mol. The van der Waals surface area contributed by atoms with Crippen LogP contribution in [-0.4, -0.2) is 51.4 Å². The highest BCUT2D eigenvalue weighted by molar-refractivity contribution is 5.82. The standard InChI is InChI=1S/C10H13N3O4/c1-12-7(14)5-17-9(10(15)16)8(12)6-3-4-11-13(6)2/h3-4,8-9H,5H2,1-2H3,(H,15,16)/t8-,9+/m1/s1. The summed E-state index contributed by atoms with van der Waals surface area (Å²) < 4.78 is 6.62. The molecule has 1 amide bonds. The molecule has 0 aliphatic carbocycles. The van der Waals surface area contributed by atoms with Crippen LogP contribution in [-0.2, 0) is 21.4 Å². The molecule has 1 aromatic heterocycles. The van der Waals surface area contributed by atoms with Crippen molar-refractivity contribution in [3.63, 3.8) is 0 Å². The molecule has 1 N–H and O–H groups in total. The topological polar surface area (TPSA) is 84.7 Å². The number of ether oxygens (including phenoxy) is 1. The first-order valence-corrected chi connectivity index (χ1v) is 5.10. The van der Waals surface area contributed by atoms with Crippen LogP contribution in [0, 0.1) is 0 Å². The molecule has 1 aliphatic rings. The number of carboxylic acid groups (broad SMARTS) is 1. The van der Waals surface area contributed by atoms with Crippen molar-refractivity contribution < 1.29 is 19.4 Å². The van der Waals surface area contributed by atoms with Gasteiger partial charge in [0.2, 0.25) is 5.91 Å². The maximum atomic E-state index is 11.6. The van der Waals surface area contributed by atoms with Gasteiger partial charge in [-0.25, -0.2) is 4.79 Å². The van der Waals surface area contributed by atoms with E-state index in [0.29, 0.717) is 5.69 Å². The fourth-order valence-corrected chi connectivity index (χ4v) is 1.95. The second-order valence-electron chi connectivity index (χ2n) is 3.90. The van der Waals surface area contributed by atoms with Crippen molar-refractivity contribution in [3.8, 4) is 0 Å². The maximum Gasteiger partial charge on any atom is 0.335 e. The van der Waals surface area contributed by atoms with Gasteiger partial charge in [-0.3, -0.25) is 9.48 Å². The number of hydrogen-bond acceptors (Lipinski definition) is 4. The zero-order valence-electron chi connectivity index (χ0n) is 9.53. The Hall–Kier alpha value is -1.89. The predicted octanol–water partition coefficient (Wildman–Crippen LogP) is -0.597. The number of aliphatic carboxylic acids is 1. The van der Waals surface area contributed by atoms with Crippen molar-refractivity contribution in [2.75, 3.05) is 13.7 Å². The van der Waals surface area contributed by atoms with E-state index in [1.807, 2.05) is 0 Å². The largest absolute Gasteiger partial charge is 0.479 e. The molecule has 0 radical (unpaired) electrons. The third-order valence-electron chi connectivity index (χ3n) is 2.89. The Morgan fingerprint density at radius 1 is 1.59 bits per heavy atom. The zero-order valence-corrected chi connectivity index (χ0v) is 9.53. The van der Waals surface area contributed by atoms with Crippen LogP contribution in [0.25, 0.3) is 0 Å². The number of carbonyl (C=O) groups is 2. The molecule has 2 heterocycles. The van der Waals surface area contributed by atoms with E-state index in [1.54, 1.807) is 31.0 Å². The molecule has 0 unspecified atom stereocenters. The normalized spacial score (nSPS) is 25.1. The Balaban J connectivity index is 2.40. The molecule has 2 rings (SSSR count). The molecule has 7 heteroatoms. The highest BCUT2D eigenvalue weighted by Gasteiger charge is 2.41. The molecule has 1 aromatic rings. The van der Waals surface area contributed by atoms with E-state index in [4.69, 9.17) is 9.84 Å². The van der Waals surface area contributed by atoms with Crippen molar-refractivity contribution in [2.45, 2.75) is 12.1 Å². The van der Waals surface area contributed by atoms with Crippen LogP contribution in [0.4, 0.5) is 0 Å². The first kappa shape index (κ1) is 11.6.